The Morgan fingerprint density at radius 2 is 1.75 bits per heavy atom. The van der Waals surface area contributed by atoms with Gasteiger partial charge in [-0.1, -0.05) is 30.3 Å². The number of piperazine rings is 1. The molecule has 4 heteroatoms. The molecule has 0 unspecified atom stereocenters. The van der Waals surface area contributed by atoms with E-state index in [2.05, 4.69) is 34.1 Å². The average Bonchev–Trinajstić information content (AvgIpc) is 2.78. The molecule has 0 radical (unpaired) electrons. The Kier molecular flexibility index (Phi) is 4.57. The highest BCUT2D eigenvalue weighted by molar-refractivity contribution is 5.98. The Morgan fingerprint density at radius 3 is 2.61 bits per heavy atom. The molecule has 2 aromatic carbocycles. The van der Waals surface area contributed by atoms with E-state index in [1.165, 1.54) is 24.0 Å². The number of hydrogen-bond acceptors (Lipinski definition) is 3. The molecular weight excluding hydrogens is 346 g/mol. The minimum Gasteiger partial charge on any atom is -0.336 e. The summed E-state index contributed by atoms with van der Waals surface area (Å²) in [6.45, 7) is 3.55. The summed E-state index contributed by atoms with van der Waals surface area (Å²) in [7, 11) is 0. The molecule has 0 N–H and O–H groups in total. The fourth-order valence-corrected chi connectivity index (χ4v) is 4.67. The van der Waals surface area contributed by atoms with Crippen molar-refractivity contribution < 1.29 is 4.79 Å². The first kappa shape index (κ1) is 17.4. The maximum absolute atomic E-state index is 13.0. The van der Waals surface area contributed by atoms with Crippen LogP contribution in [0.1, 0.15) is 27.9 Å². The molecule has 0 bridgehead atoms. The van der Waals surface area contributed by atoms with Crippen molar-refractivity contribution in [2.75, 3.05) is 26.2 Å². The predicted octanol–water partition coefficient (Wildman–Crippen LogP) is 3.55. The number of nitrogens with zero attached hydrogens (tertiary/aromatic N) is 3. The monoisotopic (exact) mass is 371 g/mol. The Morgan fingerprint density at radius 1 is 0.929 bits per heavy atom. The number of carbonyl (C=O) groups excluding carboxylic acids is 1. The average molecular weight is 371 g/mol. The smallest absolute Gasteiger partial charge is 0.253 e. The molecule has 5 rings (SSSR count). The summed E-state index contributed by atoms with van der Waals surface area (Å²) in [5, 5.41) is 1.02. The lowest BCUT2D eigenvalue weighted by atomic mass is 9.87. The molecule has 0 saturated carbocycles. The standard InChI is InChI=1S/C24H25N3O/c28-24(21-8-10-23-20(16-21)6-3-11-25-23)27-14-12-26(13-15-27)22-9-7-18-4-1-2-5-19(18)17-22/h1-6,8,10-11,16,22H,7,9,12-15,17H2/t22-/m0/s1. The summed E-state index contributed by atoms with van der Waals surface area (Å²) in [5.74, 6) is 0.138. The van der Waals surface area contributed by atoms with Crippen molar-refractivity contribution in [3.05, 3.63) is 77.5 Å². The van der Waals surface area contributed by atoms with Gasteiger partial charge in [0, 0.05) is 49.4 Å². The van der Waals surface area contributed by atoms with Crippen molar-refractivity contribution in [1.29, 1.82) is 0 Å². The largest absolute Gasteiger partial charge is 0.336 e. The molecule has 1 fully saturated rings. The molecule has 1 saturated heterocycles. The number of benzene rings is 2. The zero-order valence-corrected chi connectivity index (χ0v) is 16.1. The highest BCUT2D eigenvalue weighted by Crippen LogP contribution is 2.25. The number of fused-ring (bicyclic) bond motifs is 2. The molecule has 1 aliphatic heterocycles. The van der Waals surface area contributed by atoms with E-state index < -0.39 is 0 Å². The molecule has 1 aliphatic carbocycles. The van der Waals surface area contributed by atoms with Crippen LogP contribution in [0.5, 0.6) is 0 Å². The van der Waals surface area contributed by atoms with Crippen molar-refractivity contribution in [3.8, 4) is 0 Å². The number of hydrogen-bond donors (Lipinski definition) is 0. The van der Waals surface area contributed by atoms with Crippen LogP contribution in [0.3, 0.4) is 0 Å². The third kappa shape index (κ3) is 3.29. The SMILES string of the molecule is O=C(c1ccc2ncccc2c1)N1CCN([C@H]2CCc3ccccc3C2)CC1. The Bertz CT molecular complexity index is 1010. The molecule has 2 heterocycles. The van der Waals surface area contributed by atoms with Crippen LogP contribution in [0, 0.1) is 0 Å². The van der Waals surface area contributed by atoms with Gasteiger partial charge < -0.3 is 4.90 Å². The van der Waals surface area contributed by atoms with Gasteiger partial charge in [-0.05, 0) is 54.7 Å². The number of amides is 1. The van der Waals surface area contributed by atoms with Crippen molar-refractivity contribution >= 4 is 16.8 Å². The zero-order chi connectivity index (χ0) is 18.9. The molecule has 2 aliphatic rings. The van der Waals surface area contributed by atoms with E-state index in [4.69, 9.17) is 0 Å². The van der Waals surface area contributed by atoms with Gasteiger partial charge in [-0.25, -0.2) is 0 Å². The van der Waals surface area contributed by atoms with E-state index in [9.17, 15) is 4.79 Å². The molecule has 0 spiro atoms. The second-order valence-corrected chi connectivity index (χ2v) is 7.90. The second kappa shape index (κ2) is 7.36. The molecule has 1 aromatic heterocycles. The lowest BCUT2D eigenvalue weighted by molar-refractivity contribution is 0.0553. The van der Waals surface area contributed by atoms with Crippen LogP contribution in [0.25, 0.3) is 10.9 Å². The quantitative estimate of drug-likeness (QED) is 0.691. The van der Waals surface area contributed by atoms with Gasteiger partial charge in [0.25, 0.3) is 5.91 Å². The van der Waals surface area contributed by atoms with Gasteiger partial charge in [0.05, 0.1) is 5.52 Å². The van der Waals surface area contributed by atoms with E-state index in [0.29, 0.717) is 6.04 Å². The van der Waals surface area contributed by atoms with Crippen LogP contribution in [-0.4, -0.2) is 52.9 Å². The van der Waals surface area contributed by atoms with E-state index >= 15 is 0 Å². The van der Waals surface area contributed by atoms with Crippen LogP contribution < -0.4 is 0 Å². The van der Waals surface area contributed by atoms with Crippen LogP contribution in [0.15, 0.2) is 60.8 Å². The summed E-state index contributed by atoms with van der Waals surface area (Å²) < 4.78 is 0. The summed E-state index contributed by atoms with van der Waals surface area (Å²) >= 11 is 0. The van der Waals surface area contributed by atoms with Crippen molar-refractivity contribution in [2.24, 2.45) is 0 Å². The highest BCUT2D eigenvalue weighted by atomic mass is 16.2. The van der Waals surface area contributed by atoms with Gasteiger partial charge in [0.2, 0.25) is 0 Å². The van der Waals surface area contributed by atoms with Crippen LogP contribution in [0.2, 0.25) is 0 Å². The number of rotatable bonds is 2. The van der Waals surface area contributed by atoms with Gasteiger partial charge in [-0.3, -0.25) is 14.7 Å². The summed E-state index contributed by atoms with van der Waals surface area (Å²) in [4.78, 5) is 21.9. The molecule has 4 nitrogen and oxygen atoms in total. The molecule has 3 aromatic rings. The first-order chi connectivity index (χ1) is 13.8. The molecule has 1 atom stereocenters. The van der Waals surface area contributed by atoms with Crippen molar-refractivity contribution in [1.82, 2.24) is 14.8 Å². The van der Waals surface area contributed by atoms with Gasteiger partial charge >= 0.3 is 0 Å². The number of carbonyl (C=O) groups is 1. The minimum absolute atomic E-state index is 0.138. The van der Waals surface area contributed by atoms with Gasteiger partial charge in [-0.15, -0.1) is 0 Å². The lowest BCUT2D eigenvalue weighted by Gasteiger charge is -2.41. The molecule has 142 valence electrons. The number of aryl methyl sites for hydroxylation is 1. The number of aromatic nitrogens is 1. The minimum atomic E-state index is 0.138. The van der Waals surface area contributed by atoms with E-state index in [0.717, 1.165) is 49.1 Å². The van der Waals surface area contributed by atoms with E-state index in [1.54, 1.807) is 6.20 Å². The topological polar surface area (TPSA) is 36.4 Å². The third-order valence-corrected chi connectivity index (χ3v) is 6.29. The second-order valence-electron chi connectivity index (χ2n) is 7.90. The van der Waals surface area contributed by atoms with Crippen molar-refractivity contribution in [3.63, 3.8) is 0 Å². The predicted molar refractivity (Wildman–Crippen MR) is 111 cm³/mol. The molecule has 1 amide bonds. The first-order valence-corrected chi connectivity index (χ1v) is 10.2. The maximum atomic E-state index is 13.0. The Labute approximate surface area is 165 Å². The first-order valence-electron chi connectivity index (χ1n) is 10.2. The Hall–Kier alpha value is -2.72. The summed E-state index contributed by atoms with van der Waals surface area (Å²) in [6.07, 6.45) is 5.32. The van der Waals surface area contributed by atoms with Gasteiger partial charge in [0.1, 0.15) is 0 Å². The highest BCUT2D eigenvalue weighted by Gasteiger charge is 2.29. The van der Waals surface area contributed by atoms with Crippen LogP contribution >= 0.6 is 0 Å². The fraction of sp³-hybridized carbons (Fsp3) is 0.333. The van der Waals surface area contributed by atoms with Crippen LogP contribution in [-0.2, 0) is 12.8 Å². The Balaban J connectivity index is 1.23. The molecular formula is C24H25N3O. The third-order valence-electron chi connectivity index (χ3n) is 6.29. The zero-order valence-electron chi connectivity index (χ0n) is 16.1. The van der Waals surface area contributed by atoms with Crippen molar-refractivity contribution in [2.45, 2.75) is 25.3 Å². The van der Waals surface area contributed by atoms with E-state index in [1.807, 2.05) is 35.2 Å². The molecule has 28 heavy (non-hydrogen) atoms. The summed E-state index contributed by atoms with van der Waals surface area (Å²) in [6, 6.07) is 19.2. The summed E-state index contributed by atoms with van der Waals surface area (Å²) in [5.41, 5.74) is 4.71. The van der Waals surface area contributed by atoms with Crippen LogP contribution in [0.4, 0.5) is 0 Å². The lowest BCUT2D eigenvalue weighted by Crippen LogP contribution is -2.53. The normalized spacial score (nSPS) is 20.1. The fourth-order valence-electron chi connectivity index (χ4n) is 4.67. The number of pyridine rings is 1. The maximum Gasteiger partial charge on any atom is 0.253 e. The van der Waals surface area contributed by atoms with Gasteiger partial charge in [-0.2, -0.15) is 0 Å². The van der Waals surface area contributed by atoms with Gasteiger partial charge in [0.15, 0.2) is 0 Å². The van der Waals surface area contributed by atoms with E-state index in [-0.39, 0.29) is 5.91 Å².